The van der Waals surface area contributed by atoms with Crippen LogP contribution in [0.1, 0.15) is 23.7 Å². The highest BCUT2D eigenvalue weighted by atomic mass is 16.3. The van der Waals surface area contributed by atoms with E-state index in [-0.39, 0.29) is 29.2 Å². The third-order valence-electron chi connectivity index (χ3n) is 3.13. The van der Waals surface area contributed by atoms with E-state index >= 15 is 0 Å². The molecule has 19 heavy (non-hydrogen) atoms. The lowest BCUT2D eigenvalue weighted by Gasteiger charge is -2.17. The van der Waals surface area contributed by atoms with E-state index in [9.17, 15) is 19.8 Å². The van der Waals surface area contributed by atoms with Crippen LogP contribution in [0.3, 0.4) is 0 Å². The van der Waals surface area contributed by atoms with Crippen LogP contribution in [0.5, 0.6) is 11.5 Å². The Morgan fingerprint density at radius 1 is 1.37 bits per heavy atom. The van der Waals surface area contributed by atoms with Gasteiger partial charge in [-0.25, -0.2) is 0 Å². The predicted octanol–water partition coefficient (Wildman–Crippen LogP) is 0.448. The molecule has 0 aromatic heterocycles. The number of carbonyl (C=O) groups is 2. The van der Waals surface area contributed by atoms with Crippen LogP contribution in [0.4, 0.5) is 0 Å². The van der Waals surface area contributed by atoms with Crippen molar-refractivity contribution in [3.8, 4) is 11.5 Å². The molecule has 1 aliphatic heterocycles. The first kappa shape index (κ1) is 13.2. The second-order valence-corrected chi connectivity index (χ2v) is 4.61. The summed E-state index contributed by atoms with van der Waals surface area (Å²) < 4.78 is 0. The molecule has 0 spiro atoms. The van der Waals surface area contributed by atoms with E-state index < -0.39 is 5.75 Å². The lowest BCUT2D eigenvalue weighted by Crippen LogP contribution is -2.37. The Morgan fingerprint density at radius 2 is 2.11 bits per heavy atom. The Balaban J connectivity index is 2.09. The van der Waals surface area contributed by atoms with Crippen LogP contribution in [-0.2, 0) is 4.79 Å². The fourth-order valence-electron chi connectivity index (χ4n) is 2.22. The number of amides is 2. The molecular formula is C13H16N2O4. The van der Waals surface area contributed by atoms with Crippen molar-refractivity contribution in [2.24, 2.45) is 0 Å². The molecule has 1 atom stereocenters. The van der Waals surface area contributed by atoms with Crippen molar-refractivity contribution < 1.29 is 19.8 Å². The molecule has 1 unspecified atom stereocenters. The van der Waals surface area contributed by atoms with Crippen LogP contribution in [0.25, 0.3) is 0 Å². The molecule has 2 amide bonds. The quantitative estimate of drug-likeness (QED) is 0.676. The van der Waals surface area contributed by atoms with Gasteiger partial charge in [0.25, 0.3) is 5.91 Å². The molecule has 1 saturated heterocycles. The van der Waals surface area contributed by atoms with Crippen LogP contribution >= 0.6 is 0 Å². The summed E-state index contributed by atoms with van der Waals surface area (Å²) in [5.41, 5.74) is 0.0727. The van der Waals surface area contributed by atoms with E-state index in [0.717, 1.165) is 0 Å². The second-order valence-electron chi connectivity index (χ2n) is 4.61. The number of nitrogens with zero attached hydrogens (tertiary/aromatic N) is 1. The SMILES string of the molecule is CC(=O)NC1CCN(C(=O)c2cccc(O)c2O)C1. The Bertz CT molecular complexity index is 515. The smallest absolute Gasteiger partial charge is 0.257 e. The molecule has 0 aliphatic carbocycles. The van der Waals surface area contributed by atoms with Gasteiger partial charge in [-0.1, -0.05) is 6.07 Å². The van der Waals surface area contributed by atoms with E-state index in [1.165, 1.54) is 25.1 Å². The lowest BCUT2D eigenvalue weighted by molar-refractivity contribution is -0.119. The molecule has 0 radical (unpaired) electrons. The summed E-state index contributed by atoms with van der Waals surface area (Å²) >= 11 is 0. The van der Waals surface area contributed by atoms with Crippen LogP contribution in [0.15, 0.2) is 18.2 Å². The average Bonchev–Trinajstić information content (AvgIpc) is 2.79. The number of para-hydroxylation sites is 1. The van der Waals surface area contributed by atoms with Gasteiger partial charge in [0, 0.05) is 26.1 Å². The summed E-state index contributed by atoms with van der Waals surface area (Å²) in [5.74, 6) is -1.19. The van der Waals surface area contributed by atoms with Crippen LogP contribution in [0.2, 0.25) is 0 Å². The Labute approximate surface area is 110 Å². The summed E-state index contributed by atoms with van der Waals surface area (Å²) in [6, 6.07) is 4.23. The molecule has 6 heteroatoms. The Kier molecular flexibility index (Phi) is 3.59. The number of rotatable bonds is 2. The topological polar surface area (TPSA) is 89.9 Å². The molecule has 1 fully saturated rings. The first-order chi connectivity index (χ1) is 8.99. The number of phenols is 2. The fourth-order valence-corrected chi connectivity index (χ4v) is 2.22. The van der Waals surface area contributed by atoms with Gasteiger partial charge in [-0.15, -0.1) is 0 Å². The van der Waals surface area contributed by atoms with Gasteiger partial charge >= 0.3 is 0 Å². The van der Waals surface area contributed by atoms with Gasteiger partial charge in [0.15, 0.2) is 11.5 Å². The van der Waals surface area contributed by atoms with Crippen molar-refractivity contribution in [1.29, 1.82) is 0 Å². The van der Waals surface area contributed by atoms with E-state index in [4.69, 9.17) is 0 Å². The molecule has 1 aromatic rings. The minimum absolute atomic E-state index is 0.0547. The highest BCUT2D eigenvalue weighted by Gasteiger charge is 2.29. The standard InChI is InChI=1S/C13H16N2O4/c1-8(16)14-9-5-6-15(7-9)13(19)10-3-2-4-11(17)12(10)18/h2-4,9,17-18H,5-7H2,1H3,(H,14,16). The number of likely N-dealkylation sites (tertiary alicyclic amines) is 1. The van der Waals surface area contributed by atoms with Gasteiger partial charge in [-0.2, -0.15) is 0 Å². The predicted molar refractivity (Wildman–Crippen MR) is 67.9 cm³/mol. The second kappa shape index (κ2) is 5.17. The minimum atomic E-state index is -0.407. The molecule has 2 rings (SSSR count). The zero-order chi connectivity index (χ0) is 14.0. The number of phenolic OH excluding ortho intramolecular Hbond substituents is 2. The third-order valence-corrected chi connectivity index (χ3v) is 3.13. The maximum atomic E-state index is 12.2. The maximum absolute atomic E-state index is 12.2. The van der Waals surface area contributed by atoms with Gasteiger partial charge in [-0.05, 0) is 18.6 Å². The van der Waals surface area contributed by atoms with Crippen molar-refractivity contribution in [3.63, 3.8) is 0 Å². The Morgan fingerprint density at radius 3 is 2.79 bits per heavy atom. The van der Waals surface area contributed by atoms with Gasteiger partial charge in [0.1, 0.15) is 0 Å². The number of hydrogen-bond donors (Lipinski definition) is 3. The Hall–Kier alpha value is -2.24. The van der Waals surface area contributed by atoms with Crippen molar-refractivity contribution in [2.45, 2.75) is 19.4 Å². The van der Waals surface area contributed by atoms with Crippen LogP contribution in [0, 0.1) is 0 Å². The molecule has 3 N–H and O–H groups in total. The summed E-state index contributed by atoms with van der Waals surface area (Å²) in [6.07, 6.45) is 0.685. The fraction of sp³-hybridized carbons (Fsp3) is 0.385. The number of benzene rings is 1. The van der Waals surface area contributed by atoms with Gasteiger partial charge < -0.3 is 20.4 Å². The van der Waals surface area contributed by atoms with E-state index in [2.05, 4.69) is 5.32 Å². The maximum Gasteiger partial charge on any atom is 0.257 e. The highest BCUT2D eigenvalue weighted by Crippen LogP contribution is 2.29. The van der Waals surface area contributed by atoms with Crippen molar-refractivity contribution in [1.82, 2.24) is 10.2 Å². The van der Waals surface area contributed by atoms with E-state index in [1.807, 2.05) is 0 Å². The number of nitrogens with one attached hydrogen (secondary N) is 1. The number of carbonyl (C=O) groups excluding carboxylic acids is 2. The number of hydrogen-bond acceptors (Lipinski definition) is 4. The molecular weight excluding hydrogens is 248 g/mol. The minimum Gasteiger partial charge on any atom is -0.504 e. The average molecular weight is 264 g/mol. The van der Waals surface area contributed by atoms with Gasteiger partial charge in [0.2, 0.25) is 5.91 Å². The first-order valence-corrected chi connectivity index (χ1v) is 6.06. The van der Waals surface area contributed by atoms with Gasteiger partial charge in [-0.3, -0.25) is 9.59 Å². The first-order valence-electron chi connectivity index (χ1n) is 6.06. The monoisotopic (exact) mass is 264 g/mol. The van der Waals surface area contributed by atoms with Crippen LogP contribution in [-0.4, -0.2) is 46.1 Å². The zero-order valence-electron chi connectivity index (χ0n) is 10.6. The molecule has 0 bridgehead atoms. The molecule has 1 aliphatic rings. The summed E-state index contributed by atoms with van der Waals surface area (Å²) in [6.45, 7) is 2.36. The molecule has 1 aromatic carbocycles. The summed E-state index contributed by atoms with van der Waals surface area (Å²) in [7, 11) is 0. The van der Waals surface area contributed by atoms with Crippen molar-refractivity contribution >= 4 is 11.8 Å². The van der Waals surface area contributed by atoms with E-state index in [1.54, 1.807) is 4.90 Å². The van der Waals surface area contributed by atoms with Crippen molar-refractivity contribution in [3.05, 3.63) is 23.8 Å². The molecule has 1 heterocycles. The van der Waals surface area contributed by atoms with Gasteiger partial charge in [0.05, 0.1) is 5.56 Å². The highest BCUT2D eigenvalue weighted by molar-refractivity contribution is 5.97. The summed E-state index contributed by atoms with van der Waals surface area (Å²) in [4.78, 5) is 24.7. The number of aromatic hydroxyl groups is 2. The van der Waals surface area contributed by atoms with Crippen molar-refractivity contribution in [2.75, 3.05) is 13.1 Å². The zero-order valence-corrected chi connectivity index (χ0v) is 10.6. The third kappa shape index (κ3) is 2.78. The normalized spacial score (nSPS) is 18.4. The molecule has 0 saturated carbocycles. The van der Waals surface area contributed by atoms with Crippen LogP contribution < -0.4 is 5.32 Å². The lowest BCUT2D eigenvalue weighted by atomic mass is 10.1. The van der Waals surface area contributed by atoms with E-state index in [0.29, 0.717) is 19.5 Å². The largest absolute Gasteiger partial charge is 0.504 e. The summed E-state index contributed by atoms with van der Waals surface area (Å²) in [5, 5.41) is 21.8. The molecule has 102 valence electrons. The molecule has 6 nitrogen and oxygen atoms in total.